The molecular weight excluding hydrogens is 380 g/mol. The fourth-order valence-corrected chi connectivity index (χ4v) is 3.60. The van der Waals surface area contributed by atoms with E-state index in [4.69, 9.17) is 9.47 Å². The first-order valence-electron chi connectivity index (χ1n) is 10.2. The second-order valence-corrected chi connectivity index (χ2v) is 7.30. The first-order chi connectivity index (χ1) is 14.7. The Hall–Kier alpha value is -3.03. The Bertz CT molecular complexity index is 1030. The van der Waals surface area contributed by atoms with Crippen LogP contribution in [0.2, 0.25) is 0 Å². The third-order valence-electron chi connectivity index (χ3n) is 5.39. The minimum atomic E-state index is -0.179. The molecule has 3 aromatic rings. The molecule has 1 atom stereocenters. The highest BCUT2D eigenvalue weighted by atomic mass is 16.5. The van der Waals surface area contributed by atoms with Gasteiger partial charge in [0.1, 0.15) is 17.6 Å². The zero-order valence-electron chi connectivity index (χ0n) is 17.3. The number of benzene rings is 2. The lowest BCUT2D eigenvalue weighted by Gasteiger charge is -2.32. The van der Waals surface area contributed by atoms with Gasteiger partial charge in [0.15, 0.2) is 5.82 Å². The van der Waals surface area contributed by atoms with Gasteiger partial charge < -0.3 is 9.47 Å². The molecule has 7 heteroatoms. The van der Waals surface area contributed by atoms with Crippen LogP contribution in [0.4, 0.5) is 0 Å². The molecule has 0 N–H and O–H groups in total. The fraction of sp³-hybridized carbons (Fsp3) is 0.348. The topological polar surface area (TPSA) is 69.5 Å². The van der Waals surface area contributed by atoms with Gasteiger partial charge in [-0.15, -0.1) is 5.10 Å². The summed E-state index contributed by atoms with van der Waals surface area (Å²) in [5, 5.41) is 4.64. The lowest BCUT2D eigenvalue weighted by atomic mass is 10.1. The van der Waals surface area contributed by atoms with Crippen LogP contribution in [0, 0.1) is 0 Å². The van der Waals surface area contributed by atoms with Crippen LogP contribution in [0.15, 0.2) is 59.4 Å². The molecule has 7 nitrogen and oxygen atoms in total. The van der Waals surface area contributed by atoms with Crippen molar-refractivity contribution in [3.05, 3.63) is 76.2 Å². The van der Waals surface area contributed by atoms with Crippen LogP contribution in [0.5, 0.6) is 5.75 Å². The lowest BCUT2D eigenvalue weighted by molar-refractivity contribution is -0.000958. The van der Waals surface area contributed by atoms with Gasteiger partial charge in [-0.25, -0.2) is 9.67 Å². The molecule has 0 saturated carbocycles. The molecule has 0 bridgehead atoms. The van der Waals surface area contributed by atoms with Gasteiger partial charge in [-0.3, -0.25) is 9.69 Å². The highest BCUT2D eigenvalue weighted by Gasteiger charge is 2.23. The van der Waals surface area contributed by atoms with Gasteiger partial charge in [-0.1, -0.05) is 42.5 Å². The molecule has 0 radical (unpaired) electrons. The number of hydrogen-bond acceptors (Lipinski definition) is 6. The van der Waals surface area contributed by atoms with Crippen molar-refractivity contribution in [2.24, 2.45) is 0 Å². The minimum Gasteiger partial charge on any atom is -0.497 e. The molecule has 1 aliphatic heterocycles. The molecule has 30 heavy (non-hydrogen) atoms. The van der Waals surface area contributed by atoms with E-state index >= 15 is 0 Å². The maximum atomic E-state index is 13.3. The smallest absolute Gasteiger partial charge is 0.290 e. The zero-order valence-corrected chi connectivity index (χ0v) is 17.3. The number of aromatic nitrogens is 3. The van der Waals surface area contributed by atoms with E-state index in [0.717, 1.165) is 30.0 Å². The van der Waals surface area contributed by atoms with Gasteiger partial charge in [-0.05, 0) is 24.6 Å². The Morgan fingerprint density at radius 1 is 1.07 bits per heavy atom. The largest absolute Gasteiger partial charge is 0.497 e. The van der Waals surface area contributed by atoms with Crippen molar-refractivity contribution in [1.82, 2.24) is 19.7 Å². The maximum absolute atomic E-state index is 13.3. The summed E-state index contributed by atoms with van der Waals surface area (Å²) in [5.41, 5.74) is 2.20. The number of morpholine rings is 1. The van der Waals surface area contributed by atoms with E-state index < -0.39 is 0 Å². The molecule has 1 aliphatic rings. The Balaban J connectivity index is 1.74. The van der Waals surface area contributed by atoms with Gasteiger partial charge in [-0.2, -0.15) is 0 Å². The molecule has 2 heterocycles. The van der Waals surface area contributed by atoms with Crippen LogP contribution < -0.4 is 10.3 Å². The second kappa shape index (κ2) is 9.19. The van der Waals surface area contributed by atoms with Crippen LogP contribution in [-0.4, -0.2) is 53.1 Å². The highest BCUT2D eigenvalue weighted by Crippen LogP contribution is 2.18. The van der Waals surface area contributed by atoms with Crippen molar-refractivity contribution in [1.29, 1.82) is 0 Å². The lowest BCUT2D eigenvalue weighted by Crippen LogP contribution is -2.44. The summed E-state index contributed by atoms with van der Waals surface area (Å²) in [6.45, 7) is 4.87. The van der Waals surface area contributed by atoms with E-state index in [9.17, 15) is 4.79 Å². The summed E-state index contributed by atoms with van der Waals surface area (Å²) in [5.74, 6) is 1.34. The van der Waals surface area contributed by atoms with E-state index in [-0.39, 0.29) is 11.7 Å². The predicted molar refractivity (Wildman–Crippen MR) is 115 cm³/mol. The molecular formula is C23H26N4O3. The molecule has 2 aromatic carbocycles. The number of ether oxygens (including phenoxy) is 2. The van der Waals surface area contributed by atoms with Gasteiger partial charge in [0.2, 0.25) is 0 Å². The average molecular weight is 406 g/mol. The van der Waals surface area contributed by atoms with Crippen molar-refractivity contribution in [3.63, 3.8) is 0 Å². The van der Waals surface area contributed by atoms with Gasteiger partial charge in [0, 0.05) is 25.1 Å². The third-order valence-corrected chi connectivity index (χ3v) is 5.39. The molecule has 1 fully saturated rings. The number of hydrogen-bond donors (Lipinski definition) is 0. The monoisotopic (exact) mass is 406 g/mol. The molecule has 4 rings (SSSR count). The SMILES string of the molecule is COc1ccc(Cc2nc(-c3ccccc3)nn(C(C)N3CCOCC3)c2=O)cc1. The van der Waals surface area contributed by atoms with Gasteiger partial charge >= 0.3 is 0 Å². The average Bonchev–Trinajstić information content (AvgIpc) is 2.81. The highest BCUT2D eigenvalue weighted by molar-refractivity contribution is 5.54. The summed E-state index contributed by atoms with van der Waals surface area (Å²) in [7, 11) is 1.64. The molecule has 0 aliphatic carbocycles. The maximum Gasteiger partial charge on any atom is 0.290 e. The van der Waals surface area contributed by atoms with Crippen molar-refractivity contribution < 1.29 is 9.47 Å². The van der Waals surface area contributed by atoms with Crippen LogP contribution in [0.25, 0.3) is 11.4 Å². The van der Waals surface area contributed by atoms with Gasteiger partial charge in [0.05, 0.1) is 20.3 Å². The Kier molecular flexibility index (Phi) is 6.21. The Labute approximate surface area is 175 Å². The van der Waals surface area contributed by atoms with Crippen LogP contribution in [0.1, 0.15) is 24.3 Å². The molecule has 1 aromatic heterocycles. The van der Waals surface area contributed by atoms with Crippen molar-refractivity contribution >= 4 is 0 Å². The molecule has 0 spiro atoms. The van der Waals surface area contributed by atoms with Gasteiger partial charge in [0.25, 0.3) is 5.56 Å². The van der Waals surface area contributed by atoms with E-state index in [2.05, 4.69) is 15.0 Å². The van der Waals surface area contributed by atoms with Crippen LogP contribution >= 0.6 is 0 Å². The standard InChI is InChI=1S/C23H26N4O3/c1-17(26-12-14-30-15-13-26)27-23(28)21(16-18-8-10-20(29-2)11-9-18)24-22(25-27)19-6-4-3-5-7-19/h3-11,17H,12-16H2,1-2H3. The number of nitrogens with zero attached hydrogens (tertiary/aromatic N) is 4. The van der Waals surface area contributed by atoms with Crippen molar-refractivity contribution in [2.45, 2.75) is 19.5 Å². The normalized spacial score (nSPS) is 15.7. The van der Waals surface area contributed by atoms with Crippen LogP contribution in [0.3, 0.4) is 0 Å². The van der Waals surface area contributed by atoms with Crippen molar-refractivity contribution in [2.75, 3.05) is 33.4 Å². The minimum absolute atomic E-state index is 0.163. The van der Waals surface area contributed by atoms with Crippen molar-refractivity contribution in [3.8, 4) is 17.1 Å². The summed E-state index contributed by atoms with van der Waals surface area (Å²) in [6, 6.07) is 17.5. The second-order valence-electron chi connectivity index (χ2n) is 7.30. The van der Waals surface area contributed by atoms with E-state index in [1.165, 1.54) is 0 Å². The predicted octanol–water partition coefficient (Wildman–Crippen LogP) is 2.76. The fourth-order valence-electron chi connectivity index (χ4n) is 3.60. The first kappa shape index (κ1) is 20.3. The molecule has 1 saturated heterocycles. The Morgan fingerprint density at radius 3 is 2.43 bits per heavy atom. The van der Waals surface area contributed by atoms with E-state index in [1.54, 1.807) is 11.8 Å². The number of methoxy groups -OCH3 is 1. The van der Waals surface area contributed by atoms with E-state index in [1.807, 2.05) is 61.5 Å². The summed E-state index contributed by atoms with van der Waals surface area (Å²) >= 11 is 0. The van der Waals surface area contributed by atoms with Crippen LogP contribution in [-0.2, 0) is 11.2 Å². The molecule has 156 valence electrons. The molecule has 0 amide bonds. The number of rotatable bonds is 6. The summed E-state index contributed by atoms with van der Waals surface area (Å²) in [4.78, 5) is 20.2. The Morgan fingerprint density at radius 2 is 1.77 bits per heavy atom. The molecule has 1 unspecified atom stereocenters. The van der Waals surface area contributed by atoms with E-state index in [0.29, 0.717) is 31.2 Å². The third kappa shape index (κ3) is 4.42. The zero-order chi connectivity index (χ0) is 20.9. The summed E-state index contributed by atoms with van der Waals surface area (Å²) < 4.78 is 12.3. The summed E-state index contributed by atoms with van der Waals surface area (Å²) in [6.07, 6.45) is 0.252. The first-order valence-corrected chi connectivity index (χ1v) is 10.2. The quantitative estimate of drug-likeness (QED) is 0.627.